The summed E-state index contributed by atoms with van der Waals surface area (Å²) >= 11 is 6.26. The van der Waals surface area contributed by atoms with Crippen LogP contribution in [0.1, 0.15) is 28.7 Å². The van der Waals surface area contributed by atoms with Gasteiger partial charge in [0.25, 0.3) is 0 Å². The standard InChI is InChI=1S/C17H17ClO3/c1-20-14-8-7-12(17(21-2)15(14)18)16(19)13-9-10-5-3-4-6-11(10)13/h3-8,13,16,19H,9H2,1-2H3. The number of hydrogen-bond donors (Lipinski definition) is 1. The second-order valence-electron chi connectivity index (χ2n) is 5.16. The van der Waals surface area contributed by atoms with E-state index in [0.717, 1.165) is 6.42 Å². The summed E-state index contributed by atoms with van der Waals surface area (Å²) in [5, 5.41) is 11.1. The monoisotopic (exact) mass is 304 g/mol. The van der Waals surface area contributed by atoms with Gasteiger partial charge in [0.1, 0.15) is 16.5 Å². The van der Waals surface area contributed by atoms with Crippen molar-refractivity contribution in [2.75, 3.05) is 14.2 Å². The van der Waals surface area contributed by atoms with Crippen molar-refractivity contribution in [3.05, 3.63) is 58.1 Å². The predicted molar refractivity (Wildman–Crippen MR) is 82.4 cm³/mol. The van der Waals surface area contributed by atoms with E-state index in [9.17, 15) is 5.11 Å². The number of benzene rings is 2. The molecule has 0 aromatic heterocycles. The van der Waals surface area contributed by atoms with Gasteiger partial charge in [-0.2, -0.15) is 0 Å². The molecule has 0 spiro atoms. The Bertz CT molecular complexity index is 669. The number of halogens is 1. The Morgan fingerprint density at radius 3 is 2.57 bits per heavy atom. The summed E-state index contributed by atoms with van der Waals surface area (Å²) in [5.41, 5.74) is 3.18. The van der Waals surface area contributed by atoms with Crippen LogP contribution in [-0.4, -0.2) is 19.3 Å². The van der Waals surface area contributed by atoms with Gasteiger partial charge in [-0.3, -0.25) is 0 Å². The average Bonchev–Trinajstić information content (AvgIpc) is 2.48. The fraction of sp³-hybridized carbons (Fsp3) is 0.294. The van der Waals surface area contributed by atoms with Gasteiger partial charge < -0.3 is 14.6 Å². The van der Waals surface area contributed by atoms with Crippen LogP contribution in [0.4, 0.5) is 0 Å². The van der Waals surface area contributed by atoms with Gasteiger partial charge in [0, 0.05) is 11.5 Å². The molecule has 0 fully saturated rings. The Kier molecular flexibility index (Phi) is 3.79. The molecule has 3 nitrogen and oxygen atoms in total. The van der Waals surface area contributed by atoms with Crippen molar-refractivity contribution in [1.29, 1.82) is 0 Å². The van der Waals surface area contributed by atoms with Gasteiger partial charge >= 0.3 is 0 Å². The number of methoxy groups -OCH3 is 2. The molecule has 110 valence electrons. The Labute approximate surface area is 129 Å². The molecule has 4 heteroatoms. The van der Waals surface area contributed by atoms with Crippen molar-refractivity contribution in [1.82, 2.24) is 0 Å². The van der Waals surface area contributed by atoms with E-state index in [1.165, 1.54) is 11.1 Å². The van der Waals surface area contributed by atoms with E-state index in [0.29, 0.717) is 22.1 Å². The molecule has 2 aromatic rings. The van der Waals surface area contributed by atoms with E-state index in [1.54, 1.807) is 20.3 Å². The van der Waals surface area contributed by atoms with E-state index in [1.807, 2.05) is 18.2 Å². The summed E-state index contributed by atoms with van der Waals surface area (Å²) in [6.07, 6.45) is 0.225. The minimum Gasteiger partial charge on any atom is -0.495 e. The average molecular weight is 305 g/mol. The summed E-state index contributed by atoms with van der Waals surface area (Å²) in [6, 6.07) is 11.7. The van der Waals surface area contributed by atoms with E-state index < -0.39 is 6.10 Å². The lowest BCUT2D eigenvalue weighted by molar-refractivity contribution is 0.131. The van der Waals surface area contributed by atoms with Crippen molar-refractivity contribution < 1.29 is 14.6 Å². The van der Waals surface area contributed by atoms with Crippen molar-refractivity contribution in [3.63, 3.8) is 0 Å². The predicted octanol–water partition coefficient (Wildman–Crippen LogP) is 3.73. The van der Waals surface area contributed by atoms with Crippen LogP contribution in [-0.2, 0) is 6.42 Å². The quantitative estimate of drug-likeness (QED) is 0.935. The number of fused-ring (bicyclic) bond motifs is 1. The summed E-state index contributed by atoms with van der Waals surface area (Å²) in [7, 11) is 3.10. The number of hydrogen-bond acceptors (Lipinski definition) is 3. The third-order valence-electron chi connectivity index (χ3n) is 4.11. The SMILES string of the molecule is COc1ccc(C(O)C2Cc3ccccc32)c(OC)c1Cl. The largest absolute Gasteiger partial charge is 0.495 e. The van der Waals surface area contributed by atoms with Gasteiger partial charge in [-0.05, 0) is 29.7 Å². The molecule has 1 aliphatic rings. The summed E-state index contributed by atoms with van der Waals surface area (Å²) in [5.74, 6) is 1.10. The molecule has 0 bridgehead atoms. The molecule has 0 saturated heterocycles. The third-order valence-corrected chi connectivity index (χ3v) is 4.47. The van der Waals surface area contributed by atoms with Crippen LogP contribution in [0.25, 0.3) is 0 Å². The Morgan fingerprint density at radius 2 is 1.90 bits per heavy atom. The smallest absolute Gasteiger partial charge is 0.147 e. The van der Waals surface area contributed by atoms with Crippen molar-refractivity contribution in [2.45, 2.75) is 18.4 Å². The molecule has 0 radical (unpaired) electrons. The van der Waals surface area contributed by atoms with Crippen molar-refractivity contribution in [2.24, 2.45) is 0 Å². The highest BCUT2D eigenvalue weighted by Gasteiger charge is 2.34. The maximum Gasteiger partial charge on any atom is 0.147 e. The molecule has 1 aliphatic carbocycles. The fourth-order valence-electron chi connectivity index (χ4n) is 2.95. The molecule has 3 rings (SSSR count). The summed E-state index contributed by atoms with van der Waals surface area (Å²) < 4.78 is 10.6. The zero-order valence-corrected chi connectivity index (χ0v) is 12.7. The Hall–Kier alpha value is -1.71. The van der Waals surface area contributed by atoms with Crippen molar-refractivity contribution >= 4 is 11.6 Å². The van der Waals surface area contributed by atoms with Crippen LogP contribution in [0.2, 0.25) is 5.02 Å². The maximum absolute atomic E-state index is 10.7. The highest BCUT2D eigenvalue weighted by atomic mass is 35.5. The van der Waals surface area contributed by atoms with Gasteiger partial charge in [-0.25, -0.2) is 0 Å². The fourth-order valence-corrected chi connectivity index (χ4v) is 3.27. The molecular weight excluding hydrogens is 288 g/mol. The molecule has 2 aromatic carbocycles. The number of rotatable bonds is 4. The van der Waals surface area contributed by atoms with E-state index in [2.05, 4.69) is 12.1 Å². The highest BCUT2D eigenvalue weighted by molar-refractivity contribution is 6.33. The summed E-state index contributed by atoms with van der Waals surface area (Å²) in [6.45, 7) is 0. The minimum atomic E-state index is -0.641. The number of ether oxygens (including phenoxy) is 2. The second-order valence-corrected chi connectivity index (χ2v) is 5.54. The van der Waals surface area contributed by atoms with Gasteiger partial charge in [-0.1, -0.05) is 35.9 Å². The van der Waals surface area contributed by atoms with Crippen LogP contribution >= 0.6 is 11.6 Å². The topological polar surface area (TPSA) is 38.7 Å². The van der Waals surface area contributed by atoms with E-state index in [-0.39, 0.29) is 5.92 Å². The first-order valence-corrected chi connectivity index (χ1v) is 7.21. The van der Waals surface area contributed by atoms with Gasteiger partial charge in [0.2, 0.25) is 0 Å². The Morgan fingerprint density at radius 1 is 1.14 bits per heavy atom. The van der Waals surface area contributed by atoms with Crippen LogP contribution in [0, 0.1) is 0 Å². The molecule has 0 amide bonds. The molecular formula is C17H17ClO3. The zero-order valence-electron chi connectivity index (χ0n) is 12.0. The molecule has 2 unspecified atom stereocenters. The van der Waals surface area contributed by atoms with Gasteiger partial charge in [0.15, 0.2) is 0 Å². The Balaban J connectivity index is 1.96. The van der Waals surface area contributed by atoms with E-state index in [4.69, 9.17) is 21.1 Å². The van der Waals surface area contributed by atoms with Crippen molar-refractivity contribution in [3.8, 4) is 11.5 Å². The molecule has 0 heterocycles. The minimum absolute atomic E-state index is 0.0829. The first kappa shape index (κ1) is 14.2. The van der Waals surface area contributed by atoms with Gasteiger partial charge in [-0.15, -0.1) is 0 Å². The van der Waals surface area contributed by atoms with Crippen LogP contribution in [0.15, 0.2) is 36.4 Å². The highest BCUT2D eigenvalue weighted by Crippen LogP contribution is 2.48. The lowest BCUT2D eigenvalue weighted by atomic mass is 9.73. The van der Waals surface area contributed by atoms with Crippen LogP contribution in [0.3, 0.4) is 0 Å². The number of aliphatic hydroxyl groups excluding tert-OH is 1. The molecule has 1 N–H and O–H groups in total. The molecule has 21 heavy (non-hydrogen) atoms. The van der Waals surface area contributed by atoms with Crippen LogP contribution in [0.5, 0.6) is 11.5 Å². The lowest BCUT2D eigenvalue weighted by Crippen LogP contribution is -2.24. The zero-order chi connectivity index (χ0) is 15.0. The van der Waals surface area contributed by atoms with Gasteiger partial charge in [0.05, 0.1) is 20.3 Å². The third kappa shape index (κ3) is 2.27. The maximum atomic E-state index is 10.7. The first-order valence-electron chi connectivity index (χ1n) is 6.83. The second kappa shape index (κ2) is 5.58. The lowest BCUT2D eigenvalue weighted by Gasteiger charge is -2.34. The van der Waals surface area contributed by atoms with E-state index >= 15 is 0 Å². The number of aliphatic hydroxyl groups is 1. The molecule has 2 atom stereocenters. The molecule has 0 saturated carbocycles. The first-order chi connectivity index (χ1) is 10.2. The molecule has 0 aliphatic heterocycles. The summed E-state index contributed by atoms with van der Waals surface area (Å²) in [4.78, 5) is 0. The normalized spacial score (nSPS) is 17.6. The van der Waals surface area contributed by atoms with Crippen LogP contribution < -0.4 is 9.47 Å².